The van der Waals surface area contributed by atoms with E-state index in [2.05, 4.69) is 5.32 Å². The van der Waals surface area contributed by atoms with Crippen LogP contribution in [0.3, 0.4) is 0 Å². The number of rotatable bonds is 7. The molecule has 1 N–H and O–H groups in total. The monoisotopic (exact) mass is 388 g/mol. The minimum atomic E-state index is -0.130. The first kappa shape index (κ1) is 20.5. The number of nitrogens with zero attached hydrogens (tertiary/aromatic N) is 3. The predicted molar refractivity (Wildman–Crippen MR) is 112 cm³/mol. The Morgan fingerprint density at radius 3 is 2.54 bits per heavy atom. The van der Waals surface area contributed by atoms with E-state index < -0.39 is 0 Å². The van der Waals surface area contributed by atoms with Gasteiger partial charge in [-0.15, -0.1) is 0 Å². The summed E-state index contributed by atoms with van der Waals surface area (Å²) in [5.41, 5.74) is 3.46. The molecule has 2 aromatic rings. The number of carbonyl (C=O) groups is 1. The molecular formula is C21H32N4O3. The fourth-order valence-corrected chi connectivity index (χ4v) is 3.95. The lowest BCUT2D eigenvalue weighted by molar-refractivity contribution is 0.101. The fraction of sp³-hybridized carbons (Fsp3) is 0.619. The number of imidazole rings is 1. The molecule has 1 fully saturated rings. The number of aryl methyl sites for hydroxylation is 3. The standard InChI is InChI=1S/C21H32N4O3/c1-5-24-18-13-15(3)17(14-19(18)25(6-2)21(24)27)22-20(26)23(4)11-7-9-16-10-8-12-28-16/h13-14,16H,5-12H2,1-4H3,(H,22,26)/t16-/m0/s1. The Hall–Kier alpha value is -2.28. The van der Waals surface area contributed by atoms with Gasteiger partial charge in [-0.05, 0) is 64.2 Å². The molecule has 1 atom stereocenters. The predicted octanol–water partition coefficient (Wildman–Crippen LogP) is 3.57. The molecule has 7 nitrogen and oxygen atoms in total. The lowest BCUT2D eigenvalue weighted by atomic mass is 10.1. The first-order valence-electron chi connectivity index (χ1n) is 10.3. The fourth-order valence-electron chi connectivity index (χ4n) is 3.95. The average Bonchev–Trinajstić information content (AvgIpc) is 3.27. The van der Waals surface area contributed by atoms with Gasteiger partial charge in [-0.2, -0.15) is 0 Å². The zero-order valence-corrected chi connectivity index (χ0v) is 17.5. The molecule has 28 heavy (non-hydrogen) atoms. The number of ether oxygens (including phenoxy) is 1. The van der Waals surface area contributed by atoms with Crippen LogP contribution in [0.2, 0.25) is 0 Å². The Balaban J connectivity index is 1.71. The largest absolute Gasteiger partial charge is 0.378 e. The molecular weight excluding hydrogens is 356 g/mol. The van der Waals surface area contributed by atoms with Crippen LogP contribution in [-0.2, 0) is 17.8 Å². The van der Waals surface area contributed by atoms with Gasteiger partial charge in [0.05, 0.1) is 17.1 Å². The first-order valence-corrected chi connectivity index (χ1v) is 10.3. The maximum atomic E-state index is 12.6. The Kier molecular flexibility index (Phi) is 6.44. The highest BCUT2D eigenvalue weighted by atomic mass is 16.5. The number of aromatic nitrogens is 2. The molecule has 2 heterocycles. The summed E-state index contributed by atoms with van der Waals surface area (Å²) in [6, 6.07) is 3.77. The van der Waals surface area contributed by atoms with Gasteiger partial charge in [0.1, 0.15) is 0 Å². The van der Waals surface area contributed by atoms with E-state index in [-0.39, 0.29) is 11.7 Å². The van der Waals surface area contributed by atoms with E-state index in [1.165, 1.54) is 0 Å². The van der Waals surface area contributed by atoms with Crippen molar-refractivity contribution >= 4 is 22.8 Å². The first-order chi connectivity index (χ1) is 13.5. The maximum absolute atomic E-state index is 12.6. The van der Waals surface area contributed by atoms with Crippen molar-refractivity contribution in [1.82, 2.24) is 14.0 Å². The number of nitrogens with one attached hydrogen (secondary N) is 1. The second-order valence-electron chi connectivity index (χ2n) is 7.56. The summed E-state index contributed by atoms with van der Waals surface area (Å²) in [5, 5.41) is 3.01. The van der Waals surface area contributed by atoms with Crippen molar-refractivity contribution in [3.63, 3.8) is 0 Å². The van der Waals surface area contributed by atoms with Gasteiger partial charge in [0.15, 0.2) is 0 Å². The summed E-state index contributed by atoms with van der Waals surface area (Å²) in [6.45, 7) is 8.67. The van der Waals surface area contributed by atoms with Crippen LogP contribution in [-0.4, -0.2) is 46.4 Å². The highest BCUT2D eigenvalue weighted by Gasteiger charge is 2.18. The van der Waals surface area contributed by atoms with E-state index in [0.29, 0.717) is 25.7 Å². The number of benzene rings is 1. The third kappa shape index (κ3) is 4.09. The van der Waals surface area contributed by atoms with Crippen LogP contribution in [0.5, 0.6) is 0 Å². The van der Waals surface area contributed by atoms with Crippen LogP contribution < -0.4 is 11.0 Å². The van der Waals surface area contributed by atoms with E-state index in [1.807, 2.05) is 40.0 Å². The summed E-state index contributed by atoms with van der Waals surface area (Å²) in [5.74, 6) is 0. The molecule has 154 valence electrons. The van der Waals surface area contributed by atoms with Crippen molar-refractivity contribution in [1.29, 1.82) is 0 Å². The normalized spacial score (nSPS) is 16.6. The summed E-state index contributed by atoms with van der Waals surface area (Å²) in [4.78, 5) is 26.9. The van der Waals surface area contributed by atoms with Crippen molar-refractivity contribution in [2.24, 2.45) is 0 Å². The van der Waals surface area contributed by atoms with Gasteiger partial charge in [0.2, 0.25) is 0 Å². The van der Waals surface area contributed by atoms with Crippen molar-refractivity contribution < 1.29 is 9.53 Å². The van der Waals surface area contributed by atoms with Crippen molar-refractivity contribution in [2.45, 2.75) is 65.6 Å². The van der Waals surface area contributed by atoms with Crippen LogP contribution in [0.15, 0.2) is 16.9 Å². The molecule has 0 unspecified atom stereocenters. The lowest BCUT2D eigenvalue weighted by Crippen LogP contribution is -2.32. The van der Waals surface area contributed by atoms with E-state index in [4.69, 9.17) is 4.74 Å². The van der Waals surface area contributed by atoms with Crippen LogP contribution in [0.25, 0.3) is 11.0 Å². The Bertz CT molecular complexity index is 893. The smallest absolute Gasteiger partial charge is 0.329 e. The van der Waals surface area contributed by atoms with Crippen molar-refractivity contribution in [3.8, 4) is 0 Å². The molecule has 1 aliphatic rings. The number of anilines is 1. The van der Waals surface area contributed by atoms with Gasteiger partial charge in [-0.1, -0.05) is 0 Å². The van der Waals surface area contributed by atoms with Gasteiger partial charge in [0, 0.05) is 39.0 Å². The van der Waals surface area contributed by atoms with Crippen molar-refractivity contribution in [2.75, 3.05) is 25.5 Å². The Morgan fingerprint density at radius 2 is 1.93 bits per heavy atom. The van der Waals surface area contributed by atoms with Gasteiger partial charge in [-0.3, -0.25) is 9.13 Å². The maximum Gasteiger partial charge on any atom is 0.329 e. The quantitative estimate of drug-likeness (QED) is 0.788. The summed E-state index contributed by atoms with van der Waals surface area (Å²) < 4.78 is 9.16. The third-order valence-corrected chi connectivity index (χ3v) is 5.63. The van der Waals surface area contributed by atoms with Crippen LogP contribution in [0.1, 0.15) is 45.1 Å². The topological polar surface area (TPSA) is 68.5 Å². The molecule has 0 bridgehead atoms. The summed E-state index contributed by atoms with van der Waals surface area (Å²) >= 11 is 0. The Labute approximate surface area is 166 Å². The molecule has 0 aliphatic carbocycles. The second kappa shape index (κ2) is 8.82. The zero-order valence-electron chi connectivity index (χ0n) is 17.5. The van der Waals surface area contributed by atoms with Gasteiger partial charge >= 0.3 is 11.7 Å². The van der Waals surface area contributed by atoms with Crippen molar-refractivity contribution in [3.05, 3.63) is 28.2 Å². The number of fused-ring (bicyclic) bond motifs is 1. The van der Waals surface area contributed by atoms with E-state index in [9.17, 15) is 9.59 Å². The molecule has 2 amide bonds. The number of carbonyl (C=O) groups excluding carboxylic acids is 1. The molecule has 1 aliphatic heterocycles. The minimum absolute atomic E-state index is 0.00544. The molecule has 0 saturated carbocycles. The SMILES string of the molecule is CCn1c(=O)n(CC)c2cc(NC(=O)N(C)CCC[C@H]3CCCO3)c(C)cc21. The molecule has 7 heteroatoms. The van der Waals surface area contributed by atoms with Crippen LogP contribution >= 0.6 is 0 Å². The average molecular weight is 389 g/mol. The van der Waals surface area contributed by atoms with Crippen LogP contribution in [0.4, 0.5) is 10.5 Å². The molecule has 0 spiro atoms. The lowest BCUT2D eigenvalue weighted by Gasteiger charge is -2.20. The van der Waals surface area contributed by atoms with E-state index in [0.717, 1.165) is 54.6 Å². The molecule has 3 rings (SSSR count). The van der Waals surface area contributed by atoms with Crippen LogP contribution in [0, 0.1) is 6.92 Å². The molecule has 1 aromatic carbocycles. The van der Waals surface area contributed by atoms with Gasteiger partial charge < -0.3 is 15.0 Å². The highest BCUT2D eigenvalue weighted by molar-refractivity contribution is 5.93. The van der Waals surface area contributed by atoms with E-state index >= 15 is 0 Å². The molecule has 0 radical (unpaired) electrons. The summed E-state index contributed by atoms with van der Waals surface area (Å²) in [7, 11) is 1.81. The molecule has 1 saturated heterocycles. The Morgan fingerprint density at radius 1 is 1.25 bits per heavy atom. The summed E-state index contributed by atoms with van der Waals surface area (Å²) in [6.07, 6.45) is 4.56. The number of amides is 2. The van der Waals surface area contributed by atoms with E-state index in [1.54, 1.807) is 14.0 Å². The zero-order chi connectivity index (χ0) is 20.3. The number of hydrogen-bond donors (Lipinski definition) is 1. The second-order valence-corrected chi connectivity index (χ2v) is 7.56. The minimum Gasteiger partial charge on any atom is -0.378 e. The number of urea groups is 1. The highest BCUT2D eigenvalue weighted by Crippen LogP contribution is 2.24. The third-order valence-electron chi connectivity index (χ3n) is 5.63. The van der Waals surface area contributed by atoms with Gasteiger partial charge in [0.25, 0.3) is 0 Å². The molecule has 1 aromatic heterocycles. The van der Waals surface area contributed by atoms with Gasteiger partial charge in [-0.25, -0.2) is 9.59 Å². The number of hydrogen-bond acceptors (Lipinski definition) is 3.